The topological polar surface area (TPSA) is 53.0 Å². The molecule has 1 unspecified atom stereocenters. The number of rotatable bonds is 2. The molecule has 3 saturated carbocycles. The van der Waals surface area contributed by atoms with Crippen LogP contribution in [0.1, 0.15) is 52.4 Å². The van der Waals surface area contributed by atoms with E-state index < -0.39 is 11.8 Å². The third kappa shape index (κ3) is 1.68. The van der Waals surface area contributed by atoms with Gasteiger partial charge in [0.25, 0.3) is 0 Å². The van der Waals surface area contributed by atoms with Gasteiger partial charge in [-0.1, -0.05) is 25.2 Å². The number of fused-ring (bicyclic) bond motifs is 3. The van der Waals surface area contributed by atoms with Crippen molar-refractivity contribution >= 4 is 0 Å². The third-order valence-corrected chi connectivity index (χ3v) is 8.81. The first-order chi connectivity index (χ1) is 11.8. The molecule has 25 heavy (non-hydrogen) atoms. The molecule has 0 aromatic heterocycles. The van der Waals surface area contributed by atoms with Gasteiger partial charge in [-0.15, -0.1) is 0 Å². The summed E-state index contributed by atoms with van der Waals surface area (Å²) in [5.41, 5.74) is -0.859. The number of allylic oxidation sites excluding steroid dienone is 2. The summed E-state index contributed by atoms with van der Waals surface area (Å²) in [6.45, 7) is 4.31. The number of aliphatic hydroxyl groups excluding tert-OH is 1. The monoisotopic (exact) mass is 348 g/mol. The van der Waals surface area contributed by atoms with Crippen LogP contribution in [0, 0.1) is 22.7 Å². The van der Waals surface area contributed by atoms with E-state index in [4.69, 9.17) is 4.74 Å². The minimum atomic E-state index is -0.913. The van der Waals surface area contributed by atoms with Gasteiger partial charge in [0, 0.05) is 17.4 Å². The van der Waals surface area contributed by atoms with Crippen molar-refractivity contribution in [3.8, 4) is 0 Å². The summed E-state index contributed by atoms with van der Waals surface area (Å²) < 4.78 is 21.6. The van der Waals surface area contributed by atoms with Crippen molar-refractivity contribution < 1.29 is 19.3 Å². The molecule has 0 bridgehead atoms. The number of aliphatic hydroxyl groups is 2. The van der Waals surface area contributed by atoms with Gasteiger partial charge in [-0.2, -0.15) is 0 Å². The largest absolute Gasteiger partial charge is 0.396 e. The van der Waals surface area contributed by atoms with E-state index in [0.29, 0.717) is 19.3 Å². The maximum Gasteiger partial charge on any atom is 0.122 e. The van der Waals surface area contributed by atoms with Crippen LogP contribution in [-0.2, 0) is 4.74 Å². The molecule has 2 N–H and O–H groups in total. The Kier molecular flexibility index (Phi) is 3.14. The summed E-state index contributed by atoms with van der Waals surface area (Å²) in [4.78, 5) is 0. The number of ether oxygens (including phenoxy) is 1. The fourth-order valence-electron chi connectivity index (χ4n) is 7.48. The van der Waals surface area contributed by atoms with Gasteiger partial charge < -0.3 is 14.9 Å². The van der Waals surface area contributed by atoms with Crippen LogP contribution in [0.2, 0.25) is 0 Å². The summed E-state index contributed by atoms with van der Waals surface area (Å²) in [6.07, 6.45) is 9.76. The first kappa shape index (κ1) is 16.5. The zero-order chi connectivity index (χ0) is 17.7. The third-order valence-electron chi connectivity index (χ3n) is 8.81. The van der Waals surface area contributed by atoms with Crippen molar-refractivity contribution in [3.05, 3.63) is 23.8 Å². The van der Waals surface area contributed by atoms with Crippen LogP contribution in [0.5, 0.6) is 0 Å². The normalized spacial score (nSPS) is 58.7. The Morgan fingerprint density at radius 1 is 1.32 bits per heavy atom. The highest BCUT2D eigenvalue weighted by Crippen LogP contribution is 2.76. The lowest BCUT2D eigenvalue weighted by Crippen LogP contribution is -2.61. The molecule has 4 heteroatoms. The molecule has 3 nitrogen and oxygen atoms in total. The van der Waals surface area contributed by atoms with E-state index in [-0.39, 0.29) is 41.0 Å². The standard InChI is InChI=1S/C21H29FO3/c1-18-7-4-3-5-14(18)16(22)11-15-13-6-8-20(24,9-10-23)19(13,2)12-17-21(15,18)25-17/h4-5,7,13,15-17,23-24H,3,6,8-12H2,1-2H3/t13-,15-,16-,17?,18-,19-,20-,21-/m0/s1. The molecule has 8 atom stereocenters. The van der Waals surface area contributed by atoms with Crippen LogP contribution >= 0.6 is 0 Å². The number of epoxide rings is 1. The number of hydrogen-bond acceptors (Lipinski definition) is 3. The Labute approximate surface area is 148 Å². The molecule has 1 aliphatic heterocycles. The Balaban J connectivity index is 1.59. The van der Waals surface area contributed by atoms with Crippen LogP contribution in [-0.4, -0.2) is 40.3 Å². The van der Waals surface area contributed by atoms with Gasteiger partial charge >= 0.3 is 0 Å². The summed E-state index contributed by atoms with van der Waals surface area (Å²) in [7, 11) is 0. The Morgan fingerprint density at radius 3 is 2.88 bits per heavy atom. The molecule has 0 radical (unpaired) electrons. The second kappa shape index (κ2) is 4.76. The van der Waals surface area contributed by atoms with E-state index in [2.05, 4.69) is 32.1 Å². The van der Waals surface area contributed by atoms with Crippen LogP contribution in [0.15, 0.2) is 23.8 Å². The van der Waals surface area contributed by atoms with E-state index in [1.54, 1.807) is 0 Å². The van der Waals surface area contributed by atoms with Crippen molar-refractivity contribution in [1.82, 2.24) is 0 Å². The Morgan fingerprint density at radius 2 is 2.12 bits per heavy atom. The summed E-state index contributed by atoms with van der Waals surface area (Å²) in [6, 6.07) is 0. The molecule has 0 aromatic rings. The number of alkyl halides is 1. The SMILES string of the molecule is C[C@]12C=CCC=C1[C@@H](F)C[C@H]1[C@@H]3CC[C@](O)(CCO)[C@@]3(C)CC3O[C@]312. The van der Waals surface area contributed by atoms with Crippen molar-refractivity contribution in [1.29, 1.82) is 0 Å². The predicted octanol–water partition coefficient (Wildman–Crippen LogP) is 3.31. The second-order valence-corrected chi connectivity index (χ2v) is 9.48. The lowest BCUT2D eigenvalue weighted by Gasteiger charge is -2.56. The van der Waals surface area contributed by atoms with E-state index in [1.807, 2.05) is 0 Å². The number of hydrogen-bond donors (Lipinski definition) is 2. The van der Waals surface area contributed by atoms with Crippen molar-refractivity contribution in [2.45, 2.75) is 75.9 Å². The molecule has 1 saturated heterocycles. The first-order valence-electron chi connectivity index (χ1n) is 9.86. The zero-order valence-corrected chi connectivity index (χ0v) is 15.2. The molecular formula is C21H29FO3. The highest BCUT2D eigenvalue weighted by Gasteiger charge is 2.81. The van der Waals surface area contributed by atoms with E-state index in [9.17, 15) is 10.2 Å². The zero-order valence-electron chi connectivity index (χ0n) is 15.2. The summed E-state index contributed by atoms with van der Waals surface area (Å²) in [5.74, 6) is 0.401. The molecule has 0 aromatic carbocycles. The van der Waals surface area contributed by atoms with E-state index in [1.165, 1.54) is 0 Å². The Hall–Kier alpha value is -0.710. The van der Waals surface area contributed by atoms with Gasteiger partial charge in [0.1, 0.15) is 11.8 Å². The molecule has 138 valence electrons. The van der Waals surface area contributed by atoms with E-state index in [0.717, 1.165) is 24.8 Å². The molecule has 1 spiro atoms. The molecule has 5 aliphatic rings. The van der Waals surface area contributed by atoms with Crippen molar-refractivity contribution in [3.63, 3.8) is 0 Å². The fraction of sp³-hybridized carbons (Fsp3) is 0.810. The lowest BCUT2D eigenvalue weighted by atomic mass is 9.46. The van der Waals surface area contributed by atoms with Gasteiger partial charge in [-0.3, -0.25) is 0 Å². The quantitative estimate of drug-likeness (QED) is 0.595. The molecule has 4 aliphatic carbocycles. The maximum atomic E-state index is 15.2. The maximum absolute atomic E-state index is 15.2. The van der Waals surface area contributed by atoms with Gasteiger partial charge in [0.2, 0.25) is 0 Å². The fourth-order valence-corrected chi connectivity index (χ4v) is 7.48. The lowest BCUT2D eigenvalue weighted by molar-refractivity contribution is -0.119. The van der Waals surface area contributed by atoms with Crippen LogP contribution in [0.3, 0.4) is 0 Å². The average molecular weight is 348 g/mol. The van der Waals surface area contributed by atoms with Gasteiger partial charge in [-0.05, 0) is 62.9 Å². The van der Waals surface area contributed by atoms with E-state index >= 15 is 4.39 Å². The van der Waals surface area contributed by atoms with Gasteiger partial charge in [0.15, 0.2) is 0 Å². The van der Waals surface area contributed by atoms with Crippen LogP contribution in [0.4, 0.5) is 4.39 Å². The molecule has 4 fully saturated rings. The van der Waals surface area contributed by atoms with Gasteiger partial charge in [0.05, 0.1) is 11.7 Å². The summed E-state index contributed by atoms with van der Waals surface area (Å²) >= 11 is 0. The predicted molar refractivity (Wildman–Crippen MR) is 92.7 cm³/mol. The Bertz CT molecular complexity index is 674. The molecular weight excluding hydrogens is 319 g/mol. The second-order valence-electron chi connectivity index (χ2n) is 9.48. The molecule has 0 amide bonds. The van der Waals surface area contributed by atoms with Crippen LogP contribution < -0.4 is 0 Å². The number of halogens is 1. The summed E-state index contributed by atoms with van der Waals surface area (Å²) in [5, 5.41) is 20.8. The van der Waals surface area contributed by atoms with Crippen molar-refractivity contribution in [2.24, 2.45) is 22.7 Å². The minimum Gasteiger partial charge on any atom is -0.396 e. The smallest absolute Gasteiger partial charge is 0.122 e. The van der Waals surface area contributed by atoms with Crippen LogP contribution in [0.25, 0.3) is 0 Å². The minimum absolute atomic E-state index is 0.000775. The molecule has 5 rings (SSSR count). The van der Waals surface area contributed by atoms with Gasteiger partial charge in [-0.25, -0.2) is 4.39 Å². The van der Waals surface area contributed by atoms with Crippen molar-refractivity contribution in [2.75, 3.05) is 6.61 Å². The average Bonchev–Trinajstić information content (AvgIpc) is 3.22. The highest BCUT2D eigenvalue weighted by atomic mass is 19.1. The first-order valence-corrected chi connectivity index (χ1v) is 9.86. The molecule has 1 heterocycles. The highest BCUT2D eigenvalue weighted by molar-refractivity contribution is 5.44.